The molecule has 1 aromatic carbocycles. The fourth-order valence-corrected chi connectivity index (χ4v) is 1.72. The fourth-order valence-electron chi connectivity index (χ4n) is 1.72. The number of carbonyl (C=O) groups is 1. The van der Waals surface area contributed by atoms with Crippen molar-refractivity contribution >= 4 is 12.0 Å². The standard InChI is InChI=1S/C13H15NO2/c1-2-14-13(15)6-4-10-3-5-12-11(9-10)7-8-16-12/h3-6,9H,2,7-8H2,1H3,(H,14,15)/b6-4+. The maximum Gasteiger partial charge on any atom is 0.243 e. The lowest BCUT2D eigenvalue weighted by Gasteiger charge is -1.99. The summed E-state index contributed by atoms with van der Waals surface area (Å²) in [6.07, 6.45) is 4.34. The molecule has 1 aliphatic rings. The zero-order valence-corrected chi connectivity index (χ0v) is 9.32. The van der Waals surface area contributed by atoms with E-state index in [2.05, 4.69) is 11.4 Å². The van der Waals surface area contributed by atoms with E-state index in [0.29, 0.717) is 6.54 Å². The maximum absolute atomic E-state index is 11.2. The van der Waals surface area contributed by atoms with Crippen LogP contribution in [-0.4, -0.2) is 19.1 Å². The van der Waals surface area contributed by atoms with E-state index in [0.717, 1.165) is 24.3 Å². The molecule has 3 heteroatoms. The van der Waals surface area contributed by atoms with E-state index in [1.807, 2.05) is 25.1 Å². The second-order valence-corrected chi connectivity index (χ2v) is 3.69. The Bertz CT molecular complexity index is 424. The highest BCUT2D eigenvalue weighted by atomic mass is 16.5. The van der Waals surface area contributed by atoms with Crippen LogP contribution in [0.15, 0.2) is 24.3 Å². The Hall–Kier alpha value is -1.77. The van der Waals surface area contributed by atoms with Crippen LogP contribution >= 0.6 is 0 Å². The van der Waals surface area contributed by atoms with E-state index in [1.54, 1.807) is 6.08 Å². The molecule has 0 atom stereocenters. The number of carbonyl (C=O) groups excluding carboxylic acids is 1. The number of hydrogen-bond donors (Lipinski definition) is 1. The molecule has 0 unspecified atom stereocenters. The van der Waals surface area contributed by atoms with Crippen molar-refractivity contribution in [1.29, 1.82) is 0 Å². The van der Waals surface area contributed by atoms with E-state index < -0.39 is 0 Å². The molecule has 0 fully saturated rings. The molecule has 1 aliphatic heterocycles. The van der Waals surface area contributed by atoms with Crippen molar-refractivity contribution in [3.05, 3.63) is 35.4 Å². The van der Waals surface area contributed by atoms with Crippen LogP contribution < -0.4 is 10.1 Å². The van der Waals surface area contributed by atoms with Gasteiger partial charge >= 0.3 is 0 Å². The molecule has 16 heavy (non-hydrogen) atoms. The predicted octanol–water partition coefficient (Wildman–Crippen LogP) is 1.77. The molecule has 0 bridgehead atoms. The van der Waals surface area contributed by atoms with Crippen molar-refractivity contribution in [1.82, 2.24) is 5.32 Å². The molecule has 3 nitrogen and oxygen atoms in total. The summed E-state index contributed by atoms with van der Waals surface area (Å²) < 4.78 is 5.41. The third-order valence-electron chi connectivity index (χ3n) is 2.49. The van der Waals surface area contributed by atoms with Gasteiger partial charge in [0, 0.05) is 19.0 Å². The highest BCUT2D eigenvalue weighted by Gasteiger charge is 2.10. The van der Waals surface area contributed by atoms with Crippen LogP contribution in [0, 0.1) is 0 Å². The Morgan fingerprint density at radius 3 is 3.25 bits per heavy atom. The largest absolute Gasteiger partial charge is 0.493 e. The van der Waals surface area contributed by atoms with Gasteiger partial charge in [0.25, 0.3) is 0 Å². The van der Waals surface area contributed by atoms with Gasteiger partial charge in [-0.25, -0.2) is 0 Å². The summed E-state index contributed by atoms with van der Waals surface area (Å²) >= 11 is 0. The Morgan fingerprint density at radius 1 is 1.56 bits per heavy atom. The average molecular weight is 217 g/mol. The van der Waals surface area contributed by atoms with Gasteiger partial charge in [0.05, 0.1) is 6.61 Å². The Morgan fingerprint density at radius 2 is 2.44 bits per heavy atom. The van der Waals surface area contributed by atoms with Crippen LogP contribution in [0.1, 0.15) is 18.1 Å². The van der Waals surface area contributed by atoms with Crippen molar-refractivity contribution < 1.29 is 9.53 Å². The molecular formula is C13H15NO2. The van der Waals surface area contributed by atoms with Gasteiger partial charge in [-0.3, -0.25) is 4.79 Å². The Labute approximate surface area is 95.1 Å². The van der Waals surface area contributed by atoms with Crippen molar-refractivity contribution in [2.75, 3.05) is 13.2 Å². The van der Waals surface area contributed by atoms with Gasteiger partial charge in [-0.15, -0.1) is 0 Å². The maximum atomic E-state index is 11.2. The molecule has 1 N–H and O–H groups in total. The molecule has 2 rings (SSSR count). The number of hydrogen-bond acceptors (Lipinski definition) is 2. The number of benzene rings is 1. The van der Waals surface area contributed by atoms with Crippen LogP contribution in [0.5, 0.6) is 5.75 Å². The molecule has 0 radical (unpaired) electrons. The van der Waals surface area contributed by atoms with Crippen LogP contribution in [-0.2, 0) is 11.2 Å². The first-order valence-electron chi connectivity index (χ1n) is 5.51. The Balaban J connectivity index is 2.08. The summed E-state index contributed by atoms with van der Waals surface area (Å²) in [4.78, 5) is 11.2. The first-order chi connectivity index (χ1) is 7.79. The average Bonchev–Trinajstić information content (AvgIpc) is 2.74. The highest BCUT2D eigenvalue weighted by molar-refractivity contribution is 5.91. The quantitative estimate of drug-likeness (QED) is 0.784. The van der Waals surface area contributed by atoms with Crippen LogP contribution in [0.4, 0.5) is 0 Å². The first kappa shape index (κ1) is 10.7. The molecule has 0 spiro atoms. The number of nitrogens with one attached hydrogen (secondary N) is 1. The van der Waals surface area contributed by atoms with Gasteiger partial charge in [-0.05, 0) is 36.3 Å². The topological polar surface area (TPSA) is 38.3 Å². The molecular weight excluding hydrogens is 202 g/mol. The summed E-state index contributed by atoms with van der Waals surface area (Å²) in [5, 5.41) is 2.72. The van der Waals surface area contributed by atoms with Gasteiger partial charge in [-0.2, -0.15) is 0 Å². The van der Waals surface area contributed by atoms with Crippen LogP contribution in [0.3, 0.4) is 0 Å². The van der Waals surface area contributed by atoms with Crippen molar-refractivity contribution in [3.8, 4) is 5.75 Å². The SMILES string of the molecule is CCNC(=O)/C=C/c1ccc2c(c1)CCO2. The Kier molecular flexibility index (Phi) is 3.25. The van der Waals surface area contributed by atoms with Crippen molar-refractivity contribution in [2.24, 2.45) is 0 Å². The van der Waals surface area contributed by atoms with Crippen LogP contribution in [0.2, 0.25) is 0 Å². The fraction of sp³-hybridized carbons (Fsp3) is 0.308. The summed E-state index contributed by atoms with van der Waals surface area (Å²) in [5.41, 5.74) is 2.26. The lowest BCUT2D eigenvalue weighted by atomic mass is 10.1. The normalized spacial score (nSPS) is 13.6. The zero-order valence-electron chi connectivity index (χ0n) is 9.32. The van der Waals surface area contributed by atoms with Gasteiger partial charge in [0.2, 0.25) is 5.91 Å². The van der Waals surface area contributed by atoms with Crippen molar-refractivity contribution in [2.45, 2.75) is 13.3 Å². The minimum atomic E-state index is -0.0563. The molecule has 1 aromatic rings. The monoisotopic (exact) mass is 217 g/mol. The van der Waals surface area contributed by atoms with E-state index in [1.165, 1.54) is 5.56 Å². The van der Waals surface area contributed by atoms with Crippen molar-refractivity contribution in [3.63, 3.8) is 0 Å². The van der Waals surface area contributed by atoms with Gasteiger partial charge < -0.3 is 10.1 Å². The first-order valence-corrected chi connectivity index (χ1v) is 5.51. The highest BCUT2D eigenvalue weighted by Crippen LogP contribution is 2.26. The number of likely N-dealkylation sites (N-methyl/N-ethyl adjacent to an activating group) is 1. The minimum Gasteiger partial charge on any atom is -0.493 e. The lowest BCUT2D eigenvalue weighted by molar-refractivity contribution is -0.116. The predicted molar refractivity (Wildman–Crippen MR) is 63.4 cm³/mol. The lowest BCUT2D eigenvalue weighted by Crippen LogP contribution is -2.19. The molecule has 0 saturated heterocycles. The molecule has 84 valence electrons. The zero-order chi connectivity index (χ0) is 11.4. The van der Waals surface area contributed by atoms with Crippen LogP contribution in [0.25, 0.3) is 6.08 Å². The third kappa shape index (κ3) is 2.42. The van der Waals surface area contributed by atoms with E-state index in [4.69, 9.17) is 4.74 Å². The smallest absolute Gasteiger partial charge is 0.243 e. The van der Waals surface area contributed by atoms with E-state index in [-0.39, 0.29) is 5.91 Å². The second-order valence-electron chi connectivity index (χ2n) is 3.69. The van der Waals surface area contributed by atoms with E-state index in [9.17, 15) is 4.79 Å². The molecule has 1 heterocycles. The van der Waals surface area contributed by atoms with E-state index >= 15 is 0 Å². The number of rotatable bonds is 3. The van der Waals surface area contributed by atoms with Gasteiger partial charge in [0.15, 0.2) is 0 Å². The molecule has 0 aromatic heterocycles. The molecule has 1 amide bonds. The summed E-state index contributed by atoms with van der Waals surface area (Å²) in [6, 6.07) is 5.98. The summed E-state index contributed by atoms with van der Waals surface area (Å²) in [5.74, 6) is 0.911. The molecule has 0 aliphatic carbocycles. The summed E-state index contributed by atoms with van der Waals surface area (Å²) in [7, 11) is 0. The third-order valence-corrected chi connectivity index (χ3v) is 2.49. The summed E-state index contributed by atoms with van der Waals surface area (Å²) in [6.45, 7) is 3.32. The number of fused-ring (bicyclic) bond motifs is 1. The molecule has 0 saturated carbocycles. The van der Waals surface area contributed by atoms with Gasteiger partial charge in [-0.1, -0.05) is 6.07 Å². The van der Waals surface area contributed by atoms with Gasteiger partial charge in [0.1, 0.15) is 5.75 Å². The second kappa shape index (κ2) is 4.84. The number of amides is 1. The minimum absolute atomic E-state index is 0.0563. The number of ether oxygens (including phenoxy) is 1.